The van der Waals surface area contributed by atoms with Gasteiger partial charge in [0, 0.05) is 0 Å². The second-order valence-corrected chi connectivity index (χ2v) is 5.51. The van der Waals surface area contributed by atoms with Crippen molar-refractivity contribution in [3.8, 4) is 0 Å². The Labute approximate surface area is 48.8 Å². The Bertz CT molecular complexity index is 164. The van der Waals surface area contributed by atoms with Crippen LogP contribution in [-0.4, -0.2) is 5.33 Å². The van der Waals surface area contributed by atoms with Gasteiger partial charge in [0.15, 0.2) is 0 Å². The highest BCUT2D eigenvalue weighted by molar-refractivity contribution is 8.76. The quantitative estimate of drug-likeness (QED) is 0.313. The molecule has 6 heteroatoms. The zero-order valence-electron chi connectivity index (χ0n) is 3.45. The largest absolute Gasteiger partial charge is 0.441 e. The maximum Gasteiger partial charge on any atom is 0.0985 e. The van der Waals surface area contributed by atoms with Crippen LogP contribution in [0.5, 0.6) is 0 Å². The van der Waals surface area contributed by atoms with Gasteiger partial charge in [0.25, 0.3) is 0 Å². The third-order valence-corrected chi connectivity index (χ3v) is 3.75. The van der Waals surface area contributed by atoms with Crippen molar-refractivity contribution >= 4 is 39.1 Å². The Morgan fingerprint density at radius 3 is 2.67 bits per heavy atom. The van der Waals surface area contributed by atoms with Crippen LogP contribution in [0, 0.1) is 0 Å². The molecule has 0 aliphatic heterocycles. The molecule has 0 fully saturated rings. The average molecular weight is 162 g/mol. The molecule has 0 saturated heterocycles. The minimum absolute atomic E-state index is 0.0270. The second-order valence-electron chi connectivity index (χ2n) is 0.340. The molecule has 0 N–H and O–H groups in total. The molecular formula is HO2S4-. The second kappa shape index (κ2) is 3.91. The van der Waals surface area contributed by atoms with E-state index in [0.29, 0.717) is 0 Å². The van der Waals surface area contributed by atoms with E-state index in [0.717, 1.165) is 0 Å². The van der Waals surface area contributed by atoms with Gasteiger partial charge in [-0.25, -0.2) is 15.4 Å². The van der Waals surface area contributed by atoms with Gasteiger partial charge in [-0.15, -0.1) is 0 Å². The standard InChI is InChI=1S/HO2S4/c1-4-5-6(2)3/h5H/q-1/i5D. The number of thiol groups is 1. The van der Waals surface area contributed by atoms with Gasteiger partial charge in [-0.3, -0.25) is 0 Å². The first-order valence-corrected chi connectivity index (χ1v) is 5.50. The lowest BCUT2D eigenvalue weighted by Gasteiger charge is -1.71. The van der Waals surface area contributed by atoms with Crippen molar-refractivity contribution in [3.05, 3.63) is 0 Å². The first kappa shape index (κ1) is 4.89. The predicted molar refractivity (Wildman–Crippen MR) is 32.3 cm³/mol. The van der Waals surface area contributed by atoms with Crippen molar-refractivity contribution < 1.29 is 8.42 Å². The van der Waals surface area contributed by atoms with Gasteiger partial charge >= 0.3 is 0 Å². The van der Waals surface area contributed by atoms with Crippen molar-refractivity contribution in [2.45, 2.75) is 0 Å². The number of rotatable bonds is 1. The molecule has 0 bridgehead atoms. The molecular weight excluding hydrogens is 160 g/mol. The van der Waals surface area contributed by atoms with Crippen LogP contribution in [0.2, 0.25) is 0 Å². The molecule has 0 spiro atoms. The molecule has 1 unspecified atom stereocenters. The summed E-state index contributed by atoms with van der Waals surface area (Å²) in [5.41, 5.74) is 0. The number of hydrogen-bond acceptors (Lipinski definition) is 4. The molecule has 0 heterocycles. The minimum Gasteiger partial charge on any atom is -0.441 e. The van der Waals surface area contributed by atoms with Crippen molar-refractivity contribution in [1.82, 2.24) is 0 Å². The lowest BCUT2D eigenvalue weighted by Crippen LogP contribution is -1.56. The molecule has 6 heavy (non-hydrogen) atoms. The van der Waals surface area contributed by atoms with Crippen LogP contribution >= 0.6 is 0 Å². The first-order valence-electron chi connectivity index (χ1n) is 1.24. The Kier molecular flexibility index (Phi) is 3.19. The summed E-state index contributed by atoms with van der Waals surface area (Å²) in [4.78, 5) is 0. The average Bonchev–Trinajstić information content (AvgIpc) is 1.65. The van der Waals surface area contributed by atoms with Gasteiger partial charge < -0.3 is 4.21 Å². The summed E-state index contributed by atoms with van der Waals surface area (Å²) in [7, 11) is -3.14. The molecule has 0 aromatic rings. The van der Waals surface area contributed by atoms with Crippen LogP contribution in [0.1, 0.15) is 0 Å². The molecule has 2 nitrogen and oxygen atoms in total. The summed E-state index contributed by atoms with van der Waals surface area (Å²) in [6.45, 7) is 0. The topological polar surface area (TPSA) is 34.1 Å². The fourth-order valence-electron chi connectivity index (χ4n) is 0.0227. The lowest BCUT2D eigenvalue weighted by atomic mass is 16.0. The lowest BCUT2D eigenvalue weighted by molar-refractivity contribution is 0.610. The highest BCUT2D eigenvalue weighted by atomic mass is 33.4. The molecule has 38 valence electrons. The molecule has 1 atom stereocenters. The predicted octanol–water partition coefficient (Wildman–Crippen LogP) is -0.730. The molecule has 0 aliphatic carbocycles. The van der Waals surface area contributed by atoms with Gasteiger partial charge in [0.05, 0.1) is 11.3 Å². The van der Waals surface area contributed by atoms with Gasteiger partial charge in [-0.05, 0) is 0 Å². The van der Waals surface area contributed by atoms with E-state index in [9.17, 15) is 8.42 Å². The van der Waals surface area contributed by atoms with Crippen LogP contribution in [0.15, 0.2) is 0 Å². The Morgan fingerprint density at radius 1 is 2.17 bits per heavy atom. The highest BCUT2D eigenvalue weighted by Crippen LogP contribution is 1.52. The smallest absolute Gasteiger partial charge is 0.0985 e. The van der Waals surface area contributed by atoms with E-state index in [4.69, 9.17) is 1.12 Å². The van der Waals surface area contributed by atoms with E-state index in [1.807, 2.05) is 0 Å². The molecule has 0 rings (SSSR count). The van der Waals surface area contributed by atoms with Gasteiger partial charge in [-0.1, -0.05) is 0 Å². The van der Waals surface area contributed by atoms with Crippen LogP contribution in [0.3, 0.4) is 0 Å². The summed E-state index contributed by atoms with van der Waals surface area (Å²) in [6, 6.07) is 0. The zero-order chi connectivity index (χ0) is 5.86. The monoisotopic (exact) mass is 162 g/mol. The third-order valence-electron chi connectivity index (χ3n) is 0.0833. The highest BCUT2D eigenvalue weighted by Gasteiger charge is 1.39. The molecule has 0 saturated carbocycles. The van der Waals surface area contributed by atoms with Crippen molar-refractivity contribution in [3.63, 3.8) is 0 Å². The van der Waals surface area contributed by atoms with Gasteiger partial charge in [0.2, 0.25) is 0 Å². The summed E-state index contributed by atoms with van der Waals surface area (Å²) in [6.07, 6.45) is 0. The van der Waals surface area contributed by atoms with Crippen LogP contribution < -0.4 is 0 Å². The summed E-state index contributed by atoms with van der Waals surface area (Å²) in [5, 5.41) is 0. The maximum absolute atomic E-state index is 9.90. The van der Waals surface area contributed by atoms with Crippen LogP contribution in [0.4, 0.5) is 0 Å². The summed E-state index contributed by atoms with van der Waals surface area (Å²) < 4.78 is 26.0. The molecule has 0 aromatic heterocycles. The Hall–Kier alpha value is 0.740. The minimum atomic E-state index is -1.68. The van der Waals surface area contributed by atoms with Gasteiger partial charge in [0.1, 0.15) is 0 Å². The Morgan fingerprint density at radius 2 is 2.67 bits per heavy atom. The summed E-state index contributed by atoms with van der Waals surface area (Å²) in [5.74, 6) is 0. The zero-order valence-corrected chi connectivity index (χ0v) is 5.72. The van der Waals surface area contributed by atoms with E-state index in [2.05, 4.69) is 11.2 Å². The van der Waals surface area contributed by atoms with E-state index in [1.165, 1.54) is 0 Å². The van der Waals surface area contributed by atoms with Crippen LogP contribution in [-0.2, 0) is 43.3 Å². The first-order chi connectivity index (χ1) is 3.18. The van der Waals surface area contributed by atoms with Crippen molar-refractivity contribution in [2.75, 3.05) is 0 Å². The molecule has 0 aliphatic rings. The van der Waals surface area contributed by atoms with Crippen LogP contribution in [0.25, 0.3) is 0 Å². The van der Waals surface area contributed by atoms with Crippen molar-refractivity contribution in [2.24, 2.45) is 0 Å². The van der Waals surface area contributed by atoms with E-state index in [-0.39, 0.29) is 10.2 Å². The normalized spacial score (nSPS) is 16.5. The van der Waals surface area contributed by atoms with E-state index >= 15 is 0 Å². The summed E-state index contributed by atoms with van der Waals surface area (Å²) >= 11 is 4.08. The number of hydrogen-bond donors (Lipinski definition) is 1. The molecule has 0 aromatic carbocycles. The fraction of sp³-hybridized carbons (Fsp3) is 0. The van der Waals surface area contributed by atoms with Crippen molar-refractivity contribution in [1.29, 1.82) is 1.12 Å². The van der Waals surface area contributed by atoms with Gasteiger partial charge in [-0.2, -0.15) is 17.6 Å². The molecule has 0 amide bonds. The van der Waals surface area contributed by atoms with E-state index < -0.39 is 17.6 Å². The SMILES string of the molecule is [2H]S(=S=O)[S-](=O)=S. The van der Waals surface area contributed by atoms with E-state index in [1.54, 1.807) is 0 Å². The third kappa shape index (κ3) is 4.74. The maximum atomic E-state index is 9.90. The molecule has 0 radical (unpaired) electrons. The fourth-order valence-corrected chi connectivity index (χ4v) is 1.22. The Balaban J connectivity index is 4.43.